The van der Waals surface area contributed by atoms with E-state index in [1.807, 2.05) is 60.7 Å². The van der Waals surface area contributed by atoms with Crippen LogP contribution >= 0.6 is 12.2 Å². The van der Waals surface area contributed by atoms with Crippen LogP contribution < -0.4 is 16.0 Å². The molecule has 0 aliphatic rings. The molecule has 0 spiro atoms. The van der Waals surface area contributed by atoms with Crippen LogP contribution in [0.2, 0.25) is 0 Å². The van der Waals surface area contributed by atoms with Crippen molar-refractivity contribution in [1.29, 1.82) is 0 Å². The molecule has 3 aromatic rings. The van der Waals surface area contributed by atoms with Gasteiger partial charge in [-0.25, -0.2) is 22.0 Å². The summed E-state index contributed by atoms with van der Waals surface area (Å²) in [5, 5.41) is 8.52. The number of anilines is 1. The summed E-state index contributed by atoms with van der Waals surface area (Å²) < 4.78 is 69.2. The highest BCUT2D eigenvalue weighted by molar-refractivity contribution is 7.80. The van der Waals surface area contributed by atoms with Gasteiger partial charge in [-0.1, -0.05) is 74.5 Å². The largest absolute Gasteiger partial charge is 0.354 e. The monoisotopic (exact) mass is 507 g/mol. The van der Waals surface area contributed by atoms with E-state index in [1.165, 1.54) is 0 Å². The minimum atomic E-state index is -2.23. The van der Waals surface area contributed by atoms with Crippen LogP contribution in [0.4, 0.5) is 27.6 Å². The highest BCUT2D eigenvalue weighted by Gasteiger charge is 2.29. The fraction of sp³-hybridized carbons (Fsp3) is 0.269. The summed E-state index contributed by atoms with van der Waals surface area (Å²) >= 11 is 5.27. The molecule has 9 heteroatoms. The zero-order valence-electron chi connectivity index (χ0n) is 19.2. The second kappa shape index (κ2) is 12.1. The van der Waals surface area contributed by atoms with Crippen LogP contribution in [0.3, 0.4) is 0 Å². The minimum absolute atomic E-state index is 0.157. The molecule has 186 valence electrons. The lowest BCUT2D eigenvalue weighted by Gasteiger charge is -2.33. The molecular formula is C26H26F5N3S. The molecule has 3 aromatic carbocycles. The van der Waals surface area contributed by atoms with Crippen molar-refractivity contribution >= 4 is 23.0 Å². The van der Waals surface area contributed by atoms with E-state index in [9.17, 15) is 22.0 Å². The smallest absolute Gasteiger partial charge is 0.200 e. The van der Waals surface area contributed by atoms with Gasteiger partial charge in [-0.2, -0.15) is 0 Å². The maximum Gasteiger partial charge on any atom is 0.200 e. The SMILES string of the molecule is CCC(CC)N[C@H](c1ccccc1)[C@H](NC(=S)Nc1c(F)c(F)c(F)c(F)c1F)c1ccccc1. The molecule has 0 saturated heterocycles. The van der Waals surface area contributed by atoms with Gasteiger partial charge in [-0.15, -0.1) is 0 Å². The molecule has 3 rings (SSSR count). The Labute approximate surface area is 206 Å². The van der Waals surface area contributed by atoms with Crippen LogP contribution in [-0.4, -0.2) is 11.2 Å². The standard InChI is InChI=1S/C26H26F5N3S/c1-3-17(4-2)32-23(15-11-7-5-8-12-15)24(16-13-9-6-10-14-16)33-26(35)34-25-21(30)19(28)18(27)20(29)22(25)31/h5-14,17,23-24,32H,3-4H2,1-2H3,(H2,33,34,35)/t23-,24-/m1/s1. The van der Waals surface area contributed by atoms with Gasteiger partial charge >= 0.3 is 0 Å². The van der Waals surface area contributed by atoms with Crippen LogP contribution in [0.15, 0.2) is 60.7 Å². The number of hydrogen-bond donors (Lipinski definition) is 3. The number of hydrogen-bond acceptors (Lipinski definition) is 2. The Balaban J connectivity index is 1.99. The molecule has 0 aromatic heterocycles. The summed E-state index contributed by atoms with van der Waals surface area (Å²) in [6.07, 6.45) is 1.71. The third kappa shape index (κ3) is 6.15. The normalized spacial score (nSPS) is 12.9. The fourth-order valence-electron chi connectivity index (χ4n) is 3.85. The van der Waals surface area contributed by atoms with Crippen LogP contribution in [-0.2, 0) is 0 Å². The molecule has 2 atom stereocenters. The van der Waals surface area contributed by atoms with Crippen molar-refractivity contribution in [2.45, 2.75) is 44.8 Å². The van der Waals surface area contributed by atoms with Gasteiger partial charge in [-0.05, 0) is 36.2 Å². The summed E-state index contributed by atoms with van der Waals surface area (Å²) in [5.41, 5.74) is 0.524. The Bertz CT molecular complexity index is 1110. The summed E-state index contributed by atoms with van der Waals surface area (Å²) in [6, 6.07) is 18.1. The lowest BCUT2D eigenvalue weighted by molar-refractivity contribution is 0.357. The second-order valence-corrected chi connectivity index (χ2v) is 8.41. The fourth-order valence-corrected chi connectivity index (χ4v) is 4.08. The lowest BCUT2D eigenvalue weighted by atomic mass is 9.92. The molecule has 3 nitrogen and oxygen atoms in total. The number of benzene rings is 3. The minimum Gasteiger partial charge on any atom is -0.354 e. The predicted molar refractivity (Wildman–Crippen MR) is 131 cm³/mol. The Morgan fingerprint density at radius 2 is 1.11 bits per heavy atom. The summed E-state index contributed by atoms with van der Waals surface area (Å²) in [4.78, 5) is 0. The van der Waals surface area contributed by atoms with Crippen molar-refractivity contribution in [3.8, 4) is 0 Å². The van der Waals surface area contributed by atoms with E-state index in [0.717, 1.165) is 24.0 Å². The first kappa shape index (κ1) is 26.6. The predicted octanol–water partition coefficient (Wildman–Crippen LogP) is 6.93. The molecular weight excluding hydrogens is 481 g/mol. The van der Waals surface area contributed by atoms with Crippen molar-refractivity contribution in [3.05, 3.63) is 101 Å². The van der Waals surface area contributed by atoms with Gasteiger partial charge in [0, 0.05) is 6.04 Å². The van der Waals surface area contributed by atoms with Crippen molar-refractivity contribution in [1.82, 2.24) is 10.6 Å². The number of rotatable bonds is 9. The van der Waals surface area contributed by atoms with E-state index >= 15 is 0 Å². The highest BCUT2D eigenvalue weighted by Crippen LogP contribution is 2.31. The molecule has 0 amide bonds. The zero-order chi connectivity index (χ0) is 25.5. The molecule has 0 bridgehead atoms. The summed E-state index contributed by atoms with van der Waals surface area (Å²) in [6.45, 7) is 4.12. The van der Waals surface area contributed by atoms with Gasteiger partial charge < -0.3 is 16.0 Å². The Hall–Kier alpha value is -3.04. The lowest BCUT2D eigenvalue weighted by Crippen LogP contribution is -2.43. The average Bonchev–Trinajstić information content (AvgIpc) is 2.89. The molecule has 3 N–H and O–H groups in total. The third-order valence-corrected chi connectivity index (χ3v) is 6.01. The van der Waals surface area contributed by atoms with Crippen LogP contribution in [0.1, 0.15) is 49.9 Å². The van der Waals surface area contributed by atoms with E-state index in [4.69, 9.17) is 12.2 Å². The van der Waals surface area contributed by atoms with Gasteiger partial charge in [0.25, 0.3) is 0 Å². The van der Waals surface area contributed by atoms with E-state index in [-0.39, 0.29) is 17.2 Å². The first-order chi connectivity index (χ1) is 16.8. The third-order valence-electron chi connectivity index (χ3n) is 5.79. The van der Waals surface area contributed by atoms with E-state index in [0.29, 0.717) is 0 Å². The van der Waals surface area contributed by atoms with Crippen molar-refractivity contribution in [3.63, 3.8) is 0 Å². The van der Waals surface area contributed by atoms with E-state index < -0.39 is 40.8 Å². The summed E-state index contributed by atoms with van der Waals surface area (Å²) in [5.74, 6) is -10.3. The van der Waals surface area contributed by atoms with Gasteiger partial charge in [0.15, 0.2) is 28.4 Å². The van der Waals surface area contributed by atoms with Crippen LogP contribution in [0.5, 0.6) is 0 Å². The molecule has 0 aliphatic carbocycles. The van der Waals surface area contributed by atoms with Crippen molar-refractivity contribution in [2.75, 3.05) is 5.32 Å². The number of nitrogens with one attached hydrogen (secondary N) is 3. The van der Waals surface area contributed by atoms with Gasteiger partial charge in [0.1, 0.15) is 5.69 Å². The van der Waals surface area contributed by atoms with Gasteiger partial charge in [0.2, 0.25) is 5.82 Å². The molecule has 0 unspecified atom stereocenters. The quantitative estimate of drug-likeness (QED) is 0.127. The Morgan fingerprint density at radius 3 is 1.57 bits per heavy atom. The van der Waals surface area contributed by atoms with E-state index in [1.54, 1.807) is 0 Å². The van der Waals surface area contributed by atoms with Crippen LogP contribution in [0, 0.1) is 29.1 Å². The molecule has 0 aliphatic heterocycles. The van der Waals surface area contributed by atoms with Crippen molar-refractivity contribution in [2.24, 2.45) is 0 Å². The first-order valence-corrected chi connectivity index (χ1v) is 11.6. The van der Waals surface area contributed by atoms with Gasteiger partial charge in [0.05, 0.1) is 12.1 Å². The maximum atomic E-state index is 14.2. The molecule has 0 fully saturated rings. The first-order valence-electron chi connectivity index (χ1n) is 11.2. The molecule has 0 heterocycles. The topological polar surface area (TPSA) is 36.1 Å². The highest BCUT2D eigenvalue weighted by atomic mass is 32.1. The maximum absolute atomic E-state index is 14.2. The van der Waals surface area contributed by atoms with Crippen molar-refractivity contribution < 1.29 is 22.0 Å². The molecule has 0 saturated carbocycles. The Morgan fingerprint density at radius 1 is 0.686 bits per heavy atom. The second-order valence-electron chi connectivity index (χ2n) is 8.00. The van der Waals surface area contributed by atoms with E-state index in [2.05, 4.69) is 29.8 Å². The van der Waals surface area contributed by atoms with Gasteiger partial charge in [-0.3, -0.25) is 0 Å². The molecule has 35 heavy (non-hydrogen) atoms. The Kier molecular flexibility index (Phi) is 9.17. The average molecular weight is 508 g/mol. The van der Waals surface area contributed by atoms with Crippen LogP contribution in [0.25, 0.3) is 0 Å². The zero-order valence-corrected chi connectivity index (χ0v) is 20.0. The number of halogens is 5. The molecule has 0 radical (unpaired) electrons. The summed E-state index contributed by atoms with van der Waals surface area (Å²) in [7, 11) is 0. The number of thiocarbonyl (C=S) groups is 1.